The second-order valence-electron chi connectivity index (χ2n) is 38.6. The van der Waals surface area contributed by atoms with E-state index in [0.29, 0.717) is 108 Å². The zero-order valence-electron chi connectivity index (χ0n) is 78.0. The molecule has 0 spiro atoms. The van der Waals surface area contributed by atoms with Crippen LogP contribution in [0.1, 0.15) is 232 Å². The number of likely N-dealkylation sites (N-methyl/N-ethyl adjacent to an activating group) is 1. The Hall–Kier alpha value is -5.61. The van der Waals surface area contributed by atoms with E-state index in [1.165, 1.54) is 38.3 Å². The van der Waals surface area contributed by atoms with Crippen molar-refractivity contribution in [1.29, 1.82) is 0 Å². The number of Topliss-reactive ketones (excluding diaryl/α,β-unsaturated/α-hetero) is 3. The van der Waals surface area contributed by atoms with Gasteiger partial charge >= 0.3 is 28.1 Å². The number of piperazine rings is 1. The van der Waals surface area contributed by atoms with Gasteiger partial charge in [-0.3, -0.25) is 28.8 Å². The number of nitrogens with zero attached hydrogens (tertiary/aromatic N) is 12. The van der Waals surface area contributed by atoms with Crippen LogP contribution in [0, 0.1) is 72.5 Å². The van der Waals surface area contributed by atoms with E-state index in [9.17, 15) is 84.7 Å². The fraction of sp³-hybridized carbons (Fsp3) is 0.742. The molecule has 0 aliphatic carbocycles. The fourth-order valence-corrected chi connectivity index (χ4v) is 27.1. The number of aliphatic hydroxyl groups is 6. The Labute approximate surface area is 778 Å². The summed E-state index contributed by atoms with van der Waals surface area (Å²) >= 11 is 6.24. The van der Waals surface area contributed by atoms with E-state index in [1.807, 2.05) is 96.8 Å². The average Bonchev–Trinajstić information content (AvgIpc) is 1.58. The Morgan fingerprint density at radius 1 is 0.434 bits per heavy atom. The highest BCUT2D eigenvalue weighted by Gasteiger charge is 2.61. The molecule has 24 atom stereocenters. The average molecular weight is 1940 g/mol. The number of aliphatic hydroxyl groups excluding tert-OH is 6. The molecule has 722 valence electrons. The topological polar surface area (TPSA) is 442 Å². The third kappa shape index (κ3) is 25.8. The van der Waals surface area contributed by atoms with Gasteiger partial charge in [0, 0.05) is 140 Å². The maximum Gasteiger partial charge on any atom is 0.325 e. The van der Waals surface area contributed by atoms with Crippen molar-refractivity contribution >= 4 is 130 Å². The Bertz CT molecular complexity index is 4980. The minimum absolute atomic E-state index is 0.184. The highest BCUT2D eigenvalue weighted by atomic mass is 32.2. The summed E-state index contributed by atoms with van der Waals surface area (Å²) in [6, 6.07) is -2.10. The molecule has 8 fully saturated rings. The number of thiazole rings is 3. The number of carbonyl (C=O) groups is 6. The fourth-order valence-electron chi connectivity index (χ4n) is 18.6. The Balaban J connectivity index is 0.000000201. The molecule has 4 aromatic rings. The summed E-state index contributed by atoms with van der Waals surface area (Å²) in [5.74, 6) is -4.45. The van der Waals surface area contributed by atoms with Gasteiger partial charge in [-0.05, 0) is 140 Å². The lowest BCUT2D eigenvalue weighted by Crippen LogP contribution is -2.49. The van der Waals surface area contributed by atoms with E-state index >= 15 is 0 Å². The molecule has 4 aromatic heterocycles. The molecule has 9 unspecified atom stereocenters. The molecule has 0 amide bonds. The summed E-state index contributed by atoms with van der Waals surface area (Å²) in [7, 11) is -9.49. The van der Waals surface area contributed by atoms with Crippen molar-refractivity contribution in [3.8, 4) is 0 Å². The van der Waals surface area contributed by atoms with Crippen LogP contribution in [-0.4, -0.2) is 296 Å². The van der Waals surface area contributed by atoms with Crippen LogP contribution < -0.4 is 0 Å². The zero-order chi connectivity index (χ0) is 95.2. The maximum absolute atomic E-state index is 13.9. The first-order chi connectivity index (χ1) is 60.3. The van der Waals surface area contributed by atoms with E-state index in [0.717, 1.165) is 65.8 Å². The molecule has 40 heteroatoms. The van der Waals surface area contributed by atoms with Gasteiger partial charge in [0.2, 0.25) is 0 Å². The van der Waals surface area contributed by atoms with Crippen LogP contribution in [0.3, 0.4) is 0 Å². The van der Waals surface area contributed by atoms with Crippen LogP contribution in [0.2, 0.25) is 0 Å². The maximum atomic E-state index is 13.9. The summed E-state index contributed by atoms with van der Waals surface area (Å²) in [5.41, 5.74) is 0.417. The third-order valence-electron chi connectivity index (χ3n) is 27.8. The zero-order valence-corrected chi connectivity index (χ0v) is 83.8. The van der Waals surface area contributed by atoms with E-state index in [-0.39, 0.29) is 84.6 Å². The van der Waals surface area contributed by atoms with Gasteiger partial charge < -0.3 is 49.7 Å². The largest absolute Gasteiger partial charge is 0.458 e. The van der Waals surface area contributed by atoms with Crippen molar-refractivity contribution in [2.24, 2.45) is 51.8 Å². The molecule has 6 N–H and O–H groups in total. The number of thioether (sulfide) groups is 1. The van der Waals surface area contributed by atoms with Gasteiger partial charge in [-0.1, -0.05) is 102 Å². The lowest BCUT2D eigenvalue weighted by Gasteiger charge is -2.34. The lowest BCUT2D eigenvalue weighted by molar-refractivity contribution is -0.156. The molecule has 12 rings (SSSR count). The number of ether oxygens (including phenoxy) is 3. The summed E-state index contributed by atoms with van der Waals surface area (Å²) in [4.78, 5) is 99.3. The number of ketones is 3. The van der Waals surface area contributed by atoms with Crippen molar-refractivity contribution in [2.45, 2.75) is 312 Å². The van der Waals surface area contributed by atoms with E-state index < -0.39 is 163 Å². The number of aromatic nitrogens is 6. The Kier molecular flexibility index (Phi) is 36.0. The quantitative estimate of drug-likeness (QED) is 0.0437. The van der Waals surface area contributed by atoms with Gasteiger partial charge in [0.15, 0.2) is 0 Å². The predicted molar refractivity (Wildman–Crippen MR) is 496 cm³/mol. The summed E-state index contributed by atoms with van der Waals surface area (Å²) < 4.78 is 109. The van der Waals surface area contributed by atoms with Crippen molar-refractivity contribution < 1.29 is 98.9 Å². The molecule has 33 nitrogen and oxygen atoms in total. The van der Waals surface area contributed by atoms with Crippen LogP contribution in [0.5, 0.6) is 0 Å². The second-order valence-corrected chi connectivity index (χ2v) is 48.3. The van der Waals surface area contributed by atoms with Crippen LogP contribution in [0.4, 0.5) is 0 Å². The SMILES string of the molecule is C/C(=C\c1csc(C)n1)C1CC2[C@@H](CCC[C@H](C)[C@H](O)[C@@H](C)C(=O)C(C)(C)[C@@H](O)CC(=O)O1)N2S(=O)(=O)N1CCN(C)CC1.C/C(=C\c1csc(C)n1)C1CC2[C@@H](CCC[C@H](C)[C@H](O)[C@@H](C)C(=O)C(C)(C)[C@@H](O)CC(=O)O1)N2S(=O)(=O)N1CCSCC1.C/C(=C\c1csc(C)n1)C1CC2[C@@H](CCC[C@H](C)[C@H](O)[C@@H](C)C(=O)C(C)(C)[C@@H](O)CC(=O)O1)N2S(=O)(=O)n1cncn1. The van der Waals surface area contributed by atoms with Crippen molar-refractivity contribution in [3.05, 3.63) is 77.6 Å². The van der Waals surface area contributed by atoms with Crippen molar-refractivity contribution in [1.82, 2.24) is 55.5 Å². The standard InChI is InChI=1S/C31H50N4O7S2.C30H47N3O7S3.C28H41N5O7S2/c1-19-9-8-10-24-25(35(24)44(40,41)34-13-11-33(7)12-14-34)16-26(20(2)15-23-18-43-22(4)32-23)42-28(37)17-27(36)31(5,6)30(39)21(3)29(19)38;1-18-8-7-9-23-24(33(23)43(38,39)32-10-12-41-13-11-32)15-25(19(2)14-22-17-42-21(4)31-22)40-27(35)16-26(34)30(5,6)29(37)20(3)28(18)36;1-16-8-7-9-21-22(33(21)42(38,39)32-15-29-14-30-32)11-23(17(2)10-20-13-41-19(4)31-20)40-25(35)12-24(34)28(5,6)27(37)18(3)26(16)36/h15,18-19,21,24-27,29,36,38H,8-14,16-17H2,1-7H3;14,17-18,20,23-26,28,34,36H,7-13,15-16H2,1-6H3;10,13-16,18,21-24,26,34,36H,7-9,11-12H2,1-6H3/b20-15+;19-14+;17-10+/t19-,21+,24+,25?,26?,27-,29-,35?;18-,20+,23+,24?,25?,26-,28-,33?;16-,18+,21+,22?,23?,24-,26-,33?/m000/s1. The van der Waals surface area contributed by atoms with E-state index in [4.69, 9.17) is 14.2 Å². The number of esters is 3. The predicted octanol–water partition coefficient (Wildman–Crippen LogP) is 9.29. The Morgan fingerprint density at radius 3 is 1.01 bits per heavy atom. The first kappa shape index (κ1) is 105. The molecular weight excluding hydrogens is 1800 g/mol. The van der Waals surface area contributed by atoms with Gasteiger partial charge in [0.25, 0.3) is 20.4 Å². The molecule has 0 radical (unpaired) electrons. The minimum atomic E-state index is -4.02. The van der Waals surface area contributed by atoms with E-state index in [2.05, 4.69) is 29.9 Å². The molecule has 8 aliphatic rings. The molecule has 8 aliphatic heterocycles. The Morgan fingerprint density at radius 2 is 0.729 bits per heavy atom. The van der Waals surface area contributed by atoms with Gasteiger partial charge in [0.1, 0.15) is 48.3 Å². The summed E-state index contributed by atoms with van der Waals surface area (Å²) in [5, 5.41) is 78.4. The highest BCUT2D eigenvalue weighted by Crippen LogP contribution is 2.47. The van der Waals surface area contributed by atoms with Crippen LogP contribution >= 0.6 is 45.8 Å². The number of fused-ring (bicyclic) bond motifs is 3. The number of carbonyl (C=O) groups excluding carboxylic acids is 6. The molecule has 0 saturated carbocycles. The van der Waals surface area contributed by atoms with Crippen LogP contribution in [0.25, 0.3) is 18.2 Å². The first-order valence-electron chi connectivity index (χ1n) is 45.1. The highest BCUT2D eigenvalue weighted by molar-refractivity contribution is 7.99. The van der Waals surface area contributed by atoms with Gasteiger partial charge in [0.05, 0.1) is 104 Å². The molecule has 129 heavy (non-hydrogen) atoms. The van der Waals surface area contributed by atoms with Crippen molar-refractivity contribution in [3.63, 3.8) is 0 Å². The van der Waals surface area contributed by atoms with Crippen LogP contribution in [0.15, 0.2) is 45.5 Å². The second kappa shape index (κ2) is 44.0. The van der Waals surface area contributed by atoms with Crippen molar-refractivity contribution in [2.75, 3.05) is 57.8 Å². The molecule has 12 heterocycles. The normalized spacial score (nSPS) is 35.0. The first-order valence-corrected chi connectivity index (χ1v) is 53.1. The molecule has 0 bridgehead atoms. The van der Waals surface area contributed by atoms with Gasteiger partial charge in [-0.15, -0.1) is 43.2 Å². The molecule has 8 saturated heterocycles. The number of hydrogen-bond donors (Lipinski definition) is 6. The van der Waals surface area contributed by atoms with Gasteiger partial charge in [-0.2, -0.15) is 58.5 Å². The number of rotatable bonds is 12. The smallest absolute Gasteiger partial charge is 0.325 e. The third-order valence-corrected chi connectivity index (χ3v) is 37.0. The minimum Gasteiger partial charge on any atom is -0.458 e. The monoisotopic (exact) mass is 1930 g/mol. The van der Waals surface area contributed by atoms with Crippen LogP contribution in [-0.2, 0) is 73.6 Å². The summed E-state index contributed by atoms with van der Waals surface area (Å²) in [6.07, 6.45) is 3.64. The number of hydrogen-bond acceptors (Lipinski definition) is 31. The number of cyclic esters (lactones) is 3. The number of aryl methyl sites for hydroxylation is 3. The van der Waals surface area contributed by atoms with Gasteiger partial charge in [-0.25, -0.2) is 19.9 Å². The van der Waals surface area contributed by atoms with E-state index in [1.54, 1.807) is 98.2 Å². The molecular formula is C89H138N12O21S7. The lowest BCUT2D eigenvalue weighted by atomic mass is 9.73. The molecule has 0 aromatic carbocycles. The summed E-state index contributed by atoms with van der Waals surface area (Å²) in [6.45, 7) is 34.4.